The monoisotopic (exact) mass is 492 g/mol. The number of hydrogen-bond acceptors (Lipinski definition) is 6. The van der Waals surface area contributed by atoms with Gasteiger partial charge in [0.15, 0.2) is 5.60 Å². The van der Waals surface area contributed by atoms with Crippen LogP contribution in [0.25, 0.3) is 10.6 Å². The lowest BCUT2D eigenvalue weighted by molar-refractivity contribution is -0.158. The summed E-state index contributed by atoms with van der Waals surface area (Å²) in [5, 5.41) is 4.05. The fraction of sp³-hybridized carbons (Fsp3) is 0.360. The molecule has 1 N–H and O–H groups in total. The lowest BCUT2D eigenvalue weighted by atomic mass is 10.1. The van der Waals surface area contributed by atoms with Crippen LogP contribution in [-0.4, -0.2) is 23.2 Å². The maximum atomic E-state index is 12.8. The third-order valence-electron chi connectivity index (χ3n) is 5.03. The van der Waals surface area contributed by atoms with Crippen LogP contribution in [0.15, 0.2) is 48.5 Å². The Morgan fingerprint density at radius 1 is 1.03 bits per heavy atom. The molecule has 0 unspecified atom stereocenters. The van der Waals surface area contributed by atoms with Crippen molar-refractivity contribution in [3.05, 3.63) is 70.2 Å². The Bertz CT molecular complexity index is 1110. The zero-order valence-electron chi connectivity index (χ0n) is 19.5. The fourth-order valence-corrected chi connectivity index (χ4v) is 4.19. The number of hydrogen-bond donors (Lipinski definition) is 1. The zero-order chi connectivity index (χ0) is 24.9. The van der Waals surface area contributed by atoms with Crippen LogP contribution in [0.5, 0.6) is 5.75 Å². The molecule has 0 amide bonds. The number of aryl methyl sites for hydroxylation is 1. The summed E-state index contributed by atoms with van der Waals surface area (Å²) in [5.74, 6) is 0.151. The Kier molecular flexibility index (Phi) is 7.99. The number of nitrogens with one attached hydrogen (secondary N) is 1. The van der Waals surface area contributed by atoms with Gasteiger partial charge in [0, 0.05) is 23.5 Å². The maximum Gasteiger partial charge on any atom is 0.416 e. The number of nitrogens with zero attached hydrogens (tertiary/aromatic N) is 1. The SMILES string of the molecule is CCOC(=O)C(C)(C)Oc1ccc(CNCc2sc(-c3ccc(C(F)(F)F)cc3)nc2C)cc1. The number of carbonyl (C=O) groups is 1. The van der Waals surface area contributed by atoms with Gasteiger partial charge in [-0.1, -0.05) is 24.3 Å². The number of benzene rings is 2. The normalized spacial score (nSPS) is 12.0. The van der Waals surface area contributed by atoms with Crippen molar-refractivity contribution in [2.24, 2.45) is 0 Å². The highest BCUT2D eigenvalue weighted by atomic mass is 32.1. The molecule has 34 heavy (non-hydrogen) atoms. The molecule has 0 atom stereocenters. The van der Waals surface area contributed by atoms with Gasteiger partial charge in [-0.3, -0.25) is 0 Å². The lowest BCUT2D eigenvalue weighted by Crippen LogP contribution is -2.39. The molecule has 0 fully saturated rings. The van der Waals surface area contributed by atoms with E-state index in [1.54, 1.807) is 32.9 Å². The first kappa shape index (κ1) is 25.7. The number of esters is 1. The minimum Gasteiger partial charge on any atom is -0.476 e. The highest BCUT2D eigenvalue weighted by molar-refractivity contribution is 7.15. The molecule has 0 spiro atoms. The lowest BCUT2D eigenvalue weighted by Gasteiger charge is -2.24. The van der Waals surface area contributed by atoms with Crippen LogP contribution < -0.4 is 10.1 Å². The van der Waals surface area contributed by atoms with Gasteiger partial charge in [-0.2, -0.15) is 13.2 Å². The number of alkyl halides is 3. The molecule has 0 aliphatic rings. The molecule has 0 aliphatic heterocycles. The summed E-state index contributed by atoms with van der Waals surface area (Å²) in [5.41, 5.74) is 0.786. The second kappa shape index (κ2) is 10.6. The molecule has 1 heterocycles. The molecule has 182 valence electrons. The summed E-state index contributed by atoms with van der Waals surface area (Å²) < 4.78 is 49.1. The van der Waals surface area contributed by atoms with Crippen molar-refractivity contribution >= 4 is 17.3 Å². The second-order valence-electron chi connectivity index (χ2n) is 8.18. The largest absolute Gasteiger partial charge is 0.476 e. The molecule has 0 bridgehead atoms. The van der Waals surface area contributed by atoms with Crippen LogP contribution in [0.2, 0.25) is 0 Å². The number of aromatic nitrogens is 1. The van der Waals surface area contributed by atoms with Crippen LogP contribution in [0.3, 0.4) is 0 Å². The van der Waals surface area contributed by atoms with E-state index < -0.39 is 23.3 Å². The molecule has 3 aromatic rings. The van der Waals surface area contributed by atoms with E-state index in [0.717, 1.165) is 28.3 Å². The molecule has 2 aromatic carbocycles. The Balaban J connectivity index is 1.56. The summed E-state index contributed by atoms with van der Waals surface area (Å²) in [4.78, 5) is 17.5. The van der Waals surface area contributed by atoms with Gasteiger partial charge in [-0.05, 0) is 57.5 Å². The van der Waals surface area contributed by atoms with Gasteiger partial charge in [-0.15, -0.1) is 11.3 Å². The van der Waals surface area contributed by atoms with Crippen molar-refractivity contribution in [1.29, 1.82) is 0 Å². The third-order valence-corrected chi connectivity index (χ3v) is 6.24. The predicted octanol–water partition coefficient (Wildman–Crippen LogP) is 6.15. The Morgan fingerprint density at radius 2 is 1.68 bits per heavy atom. The molecular weight excluding hydrogens is 465 g/mol. The Hall–Kier alpha value is -2.91. The van der Waals surface area contributed by atoms with Crippen LogP contribution in [-0.2, 0) is 28.8 Å². The molecule has 0 saturated carbocycles. The van der Waals surface area contributed by atoms with E-state index in [4.69, 9.17) is 9.47 Å². The second-order valence-corrected chi connectivity index (χ2v) is 9.27. The molecule has 0 aliphatic carbocycles. The smallest absolute Gasteiger partial charge is 0.416 e. The minimum absolute atomic E-state index is 0.293. The van der Waals surface area contributed by atoms with E-state index in [0.29, 0.717) is 36.0 Å². The molecule has 0 radical (unpaired) electrons. The molecule has 1 aromatic heterocycles. The van der Waals surface area contributed by atoms with Gasteiger partial charge in [0.2, 0.25) is 0 Å². The molecule has 0 saturated heterocycles. The van der Waals surface area contributed by atoms with Crippen molar-refractivity contribution in [3.63, 3.8) is 0 Å². The fourth-order valence-electron chi connectivity index (χ4n) is 3.15. The van der Waals surface area contributed by atoms with E-state index >= 15 is 0 Å². The topological polar surface area (TPSA) is 60.5 Å². The molecule has 5 nitrogen and oxygen atoms in total. The summed E-state index contributed by atoms with van der Waals surface area (Å²) in [6.07, 6.45) is -4.35. The standard InChI is InChI=1S/C25H27F3N2O3S/c1-5-32-23(31)24(3,4)33-20-12-6-17(7-13-20)14-29-15-21-16(2)30-22(34-21)18-8-10-19(11-9-18)25(26,27)28/h6-13,29H,5,14-15H2,1-4H3. The average Bonchev–Trinajstić information content (AvgIpc) is 3.15. The van der Waals surface area contributed by atoms with Gasteiger partial charge in [0.25, 0.3) is 0 Å². The van der Waals surface area contributed by atoms with E-state index in [1.807, 2.05) is 19.1 Å². The van der Waals surface area contributed by atoms with Crippen LogP contribution in [0, 0.1) is 6.92 Å². The highest BCUT2D eigenvalue weighted by Gasteiger charge is 2.31. The number of rotatable bonds is 9. The van der Waals surface area contributed by atoms with Gasteiger partial charge in [0.1, 0.15) is 10.8 Å². The summed E-state index contributed by atoms with van der Waals surface area (Å²) in [6.45, 7) is 8.44. The molecular formula is C25H27F3N2O3S. The van der Waals surface area contributed by atoms with Crippen LogP contribution >= 0.6 is 11.3 Å². The molecule has 3 rings (SSSR count). The van der Waals surface area contributed by atoms with E-state index in [2.05, 4.69) is 10.3 Å². The van der Waals surface area contributed by atoms with Crippen molar-refractivity contribution in [2.45, 2.75) is 52.6 Å². The van der Waals surface area contributed by atoms with Crippen molar-refractivity contribution < 1.29 is 27.4 Å². The summed E-state index contributed by atoms with van der Waals surface area (Å²) in [6, 6.07) is 12.5. The highest BCUT2D eigenvalue weighted by Crippen LogP contribution is 2.33. The van der Waals surface area contributed by atoms with Crippen LogP contribution in [0.1, 0.15) is 42.5 Å². The van der Waals surface area contributed by atoms with Gasteiger partial charge in [0.05, 0.1) is 17.9 Å². The quantitative estimate of drug-likeness (QED) is 0.363. The van der Waals surface area contributed by atoms with E-state index in [-0.39, 0.29) is 0 Å². The van der Waals surface area contributed by atoms with Crippen molar-refractivity contribution in [3.8, 4) is 16.3 Å². The van der Waals surface area contributed by atoms with Crippen molar-refractivity contribution in [2.75, 3.05) is 6.61 Å². The number of thiazole rings is 1. The zero-order valence-corrected chi connectivity index (χ0v) is 20.3. The number of ether oxygens (including phenoxy) is 2. The van der Waals surface area contributed by atoms with E-state index in [1.165, 1.54) is 23.5 Å². The summed E-state index contributed by atoms with van der Waals surface area (Å²) in [7, 11) is 0. The first-order valence-corrected chi connectivity index (χ1v) is 11.6. The third kappa shape index (κ3) is 6.57. The molecule has 9 heteroatoms. The first-order chi connectivity index (χ1) is 16.0. The Morgan fingerprint density at radius 3 is 2.26 bits per heavy atom. The number of carbonyl (C=O) groups excluding carboxylic acids is 1. The van der Waals surface area contributed by atoms with Gasteiger partial charge < -0.3 is 14.8 Å². The first-order valence-electron chi connectivity index (χ1n) is 10.8. The number of halogens is 3. The van der Waals surface area contributed by atoms with Crippen molar-refractivity contribution in [1.82, 2.24) is 10.3 Å². The van der Waals surface area contributed by atoms with Crippen LogP contribution in [0.4, 0.5) is 13.2 Å². The maximum absolute atomic E-state index is 12.8. The predicted molar refractivity (Wildman–Crippen MR) is 126 cm³/mol. The Labute approximate surface area is 200 Å². The van der Waals surface area contributed by atoms with E-state index in [9.17, 15) is 18.0 Å². The van der Waals surface area contributed by atoms with Gasteiger partial charge >= 0.3 is 12.1 Å². The summed E-state index contributed by atoms with van der Waals surface area (Å²) >= 11 is 1.46. The average molecular weight is 493 g/mol. The van der Waals surface area contributed by atoms with Gasteiger partial charge in [-0.25, -0.2) is 9.78 Å². The minimum atomic E-state index is -4.35.